The van der Waals surface area contributed by atoms with E-state index in [1.54, 1.807) is 23.4 Å². The summed E-state index contributed by atoms with van der Waals surface area (Å²) in [5.41, 5.74) is 3.88. The minimum atomic E-state index is 0.0228. The average molecular weight is 361 g/mol. The summed E-state index contributed by atoms with van der Waals surface area (Å²) in [6.45, 7) is 2.78. The van der Waals surface area contributed by atoms with Crippen LogP contribution in [-0.2, 0) is 7.05 Å². The zero-order valence-electron chi connectivity index (χ0n) is 14.9. The molecule has 6 heteroatoms. The van der Waals surface area contributed by atoms with Crippen LogP contribution < -0.4 is 10.9 Å². The predicted octanol–water partition coefficient (Wildman–Crippen LogP) is 3.84. The molecule has 0 unspecified atom stereocenters. The normalized spacial score (nSPS) is 16.2. The lowest BCUT2D eigenvalue weighted by Crippen LogP contribution is -2.34. The highest BCUT2D eigenvalue weighted by molar-refractivity contribution is 7.98. The van der Waals surface area contributed by atoms with Crippen molar-refractivity contribution in [2.45, 2.75) is 30.7 Å². The number of aromatic nitrogens is 1. The number of piperidine rings is 1. The molecule has 1 aromatic carbocycles. The second-order valence-corrected chi connectivity index (χ2v) is 7.45. The molecule has 1 N–H and O–H groups in total. The Balaban J connectivity index is 1.98. The summed E-state index contributed by atoms with van der Waals surface area (Å²) >= 11 is 1.69. The summed E-state index contributed by atoms with van der Waals surface area (Å²) in [6, 6.07) is 8.53. The van der Waals surface area contributed by atoms with Crippen molar-refractivity contribution in [2.75, 3.05) is 24.7 Å². The van der Waals surface area contributed by atoms with Gasteiger partial charge in [0.2, 0.25) is 0 Å². The van der Waals surface area contributed by atoms with Gasteiger partial charge < -0.3 is 9.88 Å². The van der Waals surface area contributed by atoms with Crippen molar-refractivity contribution in [3.8, 4) is 11.1 Å². The molecule has 0 bridgehead atoms. The molecule has 0 aliphatic carbocycles. The van der Waals surface area contributed by atoms with Gasteiger partial charge in [-0.15, -0.1) is 21.4 Å². The van der Waals surface area contributed by atoms with Crippen molar-refractivity contribution in [3.63, 3.8) is 0 Å². The number of pyridine rings is 1. The SMILES string of the molecule is CSc1ccc(NC2CCN(F)CC2)c(-c2cc(C)c(=O)n(C)c2)c1. The van der Waals surface area contributed by atoms with Gasteiger partial charge in [-0.2, -0.15) is 0 Å². The van der Waals surface area contributed by atoms with E-state index in [9.17, 15) is 9.28 Å². The zero-order chi connectivity index (χ0) is 18.0. The van der Waals surface area contributed by atoms with E-state index in [1.807, 2.05) is 19.2 Å². The Morgan fingerprint density at radius 1 is 1.24 bits per heavy atom. The maximum atomic E-state index is 13.2. The summed E-state index contributed by atoms with van der Waals surface area (Å²) in [4.78, 5) is 13.2. The molecule has 0 amide bonds. The predicted molar refractivity (Wildman–Crippen MR) is 103 cm³/mol. The standard InChI is InChI=1S/C19H24FN3OS/c1-13-10-14(12-22(2)19(13)24)17-11-16(25-3)4-5-18(17)21-15-6-8-23(20)9-7-15/h4-5,10-12,15,21H,6-9H2,1-3H3. The van der Waals surface area contributed by atoms with Gasteiger partial charge in [0.1, 0.15) is 0 Å². The van der Waals surface area contributed by atoms with E-state index in [2.05, 4.69) is 29.8 Å². The van der Waals surface area contributed by atoms with Gasteiger partial charge in [0, 0.05) is 59.6 Å². The molecule has 1 aliphatic heterocycles. The molecule has 1 aromatic heterocycles. The van der Waals surface area contributed by atoms with Crippen LogP contribution in [0.1, 0.15) is 18.4 Å². The van der Waals surface area contributed by atoms with Crippen molar-refractivity contribution in [1.29, 1.82) is 0 Å². The van der Waals surface area contributed by atoms with Crippen LogP contribution in [0.25, 0.3) is 11.1 Å². The van der Waals surface area contributed by atoms with Gasteiger partial charge in [0.25, 0.3) is 5.56 Å². The molecule has 0 spiro atoms. The first-order valence-electron chi connectivity index (χ1n) is 8.51. The second-order valence-electron chi connectivity index (χ2n) is 6.57. The monoisotopic (exact) mass is 361 g/mol. The van der Waals surface area contributed by atoms with E-state index in [4.69, 9.17) is 0 Å². The Hall–Kier alpha value is -1.79. The Labute approximate surface area is 152 Å². The van der Waals surface area contributed by atoms with E-state index >= 15 is 0 Å². The van der Waals surface area contributed by atoms with Gasteiger partial charge in [-0.05, 0) is 50.3 Å². The highest BCUT2D eigenvalue weighted by Crippen LogP contribution is 2.33. The van der Waals surface area contributed by atoms with Crippen LogP contribution in [0.15, 0.2) is 40.2 Å². The number of hydrogen-bond donors (Lipinski definition) is 1. The molecule has 0 atom stereocenters. The molecule has 1 aliphatic rings. The van der Waals surface area contributed by atoms with Crippen LogP contribution in [0.2, 0.25) is 0 Å². The van der Waals surface area contributed by atoms with Crippen LogP contribution in [0, 0.1) is 6.92 Å². The van der Waals surface area contributed by atoms with Crippen molar-refractivity contribution >= 4 is 17.4 Å². The summed E-state index contributed by atoms with van der Waals surface area (Å²) in [5, 5.41) is 4.46. The number of nitrogens with one attached hydrogen (secondary N) is 1. The molecule has 3 rings (SSSR count). The van der Waals surface area contributed by atoms with Gasteiger partial charge in [-0.1, -0.05) is 0 Å². The number of nitrogens with zero attached hydrogens (tertiary/aromatic N) is 2. The minimum absolute atomic E-state index is 0.0228. The lowest BCUT2D eigenvalue weighted by atomic mass is 10.0. The summed E-state index contributed by atoms with van der Waals surface area (Å²) < 4.78 is 14.9. The third-order valence-corrected chi connectivity index (χ3v) is 5.43. The van der Waals surface area contributed by atoms with E-state index in [-0.39, 0.29) is 11.6 Å². The van der Waals surface area contributed by atoms with E-state index in [0.29, 0.717) is 13.1 Å². The summed E-state index contributed by atoms with van der Waals surface area (Å²) in [7, 11) is 1.78. The lowest BCUT2D eigenvalue weighted by Gasteiger charge is -2.28. The maximum absolute atomic E-state index is 13.2. The first kappa shape index (κ1) is 18.0. The Morgan fingerprint density at radius 3 is 2.60 bits per heavy atom. The number of hydrogen-bond acceptors (Lipinski definition) is 4. The largest absolute Gasteiger partial charge is 0.382 e. The van der Waals surface area contributed by atoms with E-state index < -0.39 is 0 Å². The van der Waals surface area contributed by atoms with Crippen LogP contribution in [0.4, 0.5) is 10.2 Å². The maximum Gasteiger partial charge on any atom is 0.253 e. The molecule has 25 heavy (non-hydrogen) atoms. The quantitative estimate of drug-likeness (QED) is 0.663. The fraction of sp³-hybridized carbons (Fsp3) is 0.421. The topological polar surface area (TPSA) is 37.3 Å². The highest BCUT2D eigenvalue weighted by Gasteiger charge is 2.20. The number of thioether (sulfide) groups is 1. The Bertz CT molecular complexity index is 787. The first-order valence-corrected chi connectivity index (χ1v) is 9.73. The van der Waals surface area contributed by atoms with Crippen LogP contribution >= 0.6 is 11.8 Å². The number of aryl methyl sites for hydroxylation is 2. The van der Waals surface area contributed by atoms with Crippen molar-refractivity contribution in [3.05, 3.63) is 46.4 Å². The molecule has 1 fully saturated rings. The van der Waals surface area contributed by atoms with Crippen LogP contribution in [0.3, 0.4) is 0 Å². The van der Waals surface area contributed by atoms with Crippen molar-refractivity contribution < 1.29 is 4.48 Å². The van der Waals surface area contributed by atoms with E-state index in [1.165, 1.54) is 4.90 Å². The van der Waals surface area contributed by atoms with Crippen LogP contribution in [-0.4, -0.2) is 35.1 Å². The molecule has 1 saturated heterocycles. The highest BCUT2D eigenvalue weighted by atomic mass is 32.2. The van der Waals surface area contributed by atoms with Gasteiger partial charge >= 0.3 is 0 Å². The number of rotatable bonds is 4. The smallest absolute Gasteiger partial charge is 0.253 e. The number of halogens is 1. The Morgan fingerprint density at radius 2 is 1.96 bits per heavy atom. The fourth-order valence-corrected chi connectivity index (χ4v) is 3.69. The molecule has 134 valence electrons. The molecule has 0 saturated carbocycles. The van der Waals surface area contributed by atoms with E-state index in [0.717, 1.165) is 40.3 Å². The molecular weight excluding hydrogens is 337 g/mol. The third-order valence-electron chi connectivity index (χ3n) is 4.70. The average Bonchev–Trinajstić information content (AvgIpc) is 2.61. The van der Waals surface area contributed by atoms with Crippen LogP contribution in [0.5, 0.6) is 0 Å². The van der Waals surface area contributed by atoms with Gasteiger partial charge in [0.15, 0.2) is 0 Å². The molecule has 2 aromatic rings. The van der Waals surface area contributed by atoms with Crippen molar-refractivity contribution in [1.82, 2.24) is 9.69 Å². The van der Waals surface area contributed by atoms with Crippen molar-refractivity contribution in [2.24, 2.45) is 7.05 Å². The molecule has 2 heterocycles. The fourth-order valence-electron chi connectivity index (χ4n) is 3.25. The van der Waals surface area contributed by atoms with Gasteiger partial charge in [-0.3, -0.25) is 4.79 Å². The first-order chi connectivity index (χ1) is 12.0. The van der Waals surface area contributed by atoms with Gasteiger partial charge in [0.05, 0.1) is 0 Å². The molecular formula is C19H24FN3OS. The minimum Gasteiger partial charge on any atom is -0.382 e. The molecule has 0 radical (unpaired) electrons. The lowest BCUT2D eigenvalue weighted by molar-refractivity contribution is 0.00334. The summed E-state index contributed by atoms with van der Waals surface area (Å²) in [5.74, 6) is 0. The Kier molecular flexibility index (Phi) is 5.49. The summed E-state index contributed by atoms with van der Waals surface area (Å²) in [6.07, 6.45) is 5.50. The second kappa shape index (κ2) is 7.62. The number of anilines is 1. The molecule has 4 nitrogen and oxygen atoms in total. The van der Waals surface area contributed by atoms with Gasteiger partial charge in [-0.25, -0.2) is 0 Å². The third kappa shape index (κ3) is 4.07. The number of benzene rings is 1. The zero-order valence-corrected chi connectivity index (χ0v) is 15.7.